The second kappa shape index (κ2) is 13.3. The molecule has 2 N–H and O–H groups in total. The van der Waals surface area contributed by atoms with Crippen LogP contribution in [0.2, 0.25) is 0 Å². The fourth-order valence-corrected chi connectivity index (χ4v) is 6.03. The molecule has 8 nitrogen and oxygen atoms in total. The molecule has 0 saturated carbocycles. The first-order valence-electron chi connectivity index (χ1n) is 16.3. The van der Waals surface area contributed by atoms with Crippen molar-refractivity contribution in [3.63, 3.8) is 0 Å². The van der Waals surface area contributed by atoms with Gasteiger partial charge in [0, 0.05) is 40.3 Å². The number of fused-ring (bicyclic) bond motifs is 4. The van der Waals surface area contributed by atoms with Crippen molar-refractivity contribution in [1.29, 1.82) is 0 Å². The van der Waals surface area contributed by atoms with Crippen LogP contribution in [0.15, 0.2) is 173 Å². The van der Waals surface area contributed by atoms with Gasteiger partial charge in [-0.15, -0.1) is 0 Å². The number of amidine groups is 2. The van der Waals surface area contributed by atoms with Crippen molar-refractivity contribution in [3.05, 3.63) is 181 Å². The summed E-state index contributed by atoms with van der Waals surface area (Å²) in [5.74, 6) is 1.64. The van der Waals surface area contributed by atoms with Gasteiger partial charge in [-0.25, -0.2) is 15.0 Å². The van der Waals surface area contributed by atoms with Gasteiger partial charge in [0.05, 0.1) is 17.8 Å². The number of aliphatic imine (C=N–C) groups is 3. The van der Waals surface area contributed by atoms with E-state index in [2.05, 4.69) is 64.7 Å². The van der Waals surface area contributed by atoms with E-state index in [9.17, 15) is 0 Å². The minimum atomic E-state index is 0.415. The number of aromatic nitrogens is 3. The molecule has 1 aliphatic heterocycles. The molecule has 8 rings (SSSR count). The lowest BCUT2D eigenvalue weighted by Gasteiger charge is -2.23. The Morgan fingerprint density at radius 1 is 0.700 bits per heavy atom. The Hall–Kier alpha value is -6.93. The van der Waals surface area contributed by atoms with Crippen LogP contribution in [-0.4, -0.2) is 32.4 Å². The summed E-state index contributed by atoms with van der Waals surface area (Å²) in [5, 5.41) is 1.01. The first-order valence-corrected chi connectivity index (χ1v) is 16.3. The maximum atomic E-state index is 6.40. The molecule has 3 heterocycles. The van der Waals surface area contributed by atoms with Crippen LogP contribution in [0.5, 0.6) is 0 Å². The Kier molecular flexibility index (Phi) is 8.08. The SMILES string of the molecule is C=C1N=C/C=C\N(c2ccc(CN=C(N=C(N)c3ccccc3)c3ccccc3)cc2)c2nc3c4ccccc4n(-c4ccccc4)c3nc21. The van der Waals surface area contributed by atoms with Crippen LogP contribution < -0.4 is 10.6 Å². The first-order chi connectivity index (χ1) is 24.6. The van der Waals surface area contributed by atoms with Gasteiger partial charge >= 0.3 is 0 Å². The molecule has 0 radical (unpaired) electrons. The summed E-state index contributed by atoms with van der Waals surface area (Å²) in [5.41, 5.74) is 14.8. The molecule has 8 heteroatoms. The highest BCUT2D eigenvalue weighted by Crippen LogP contribution is 2.37. The minimum Gasteiger partial charge on any atom is -0.383 e. The van der Waals surface area contributed by atoms with E-state index in [4.69, 9.17) is 25.7 Å². The van der Waals surface area contributed by atoms with Crippen LogP contribution in [0.3, 0.4) is 0 Å². The number of hydrogen-bond donors (Lipinski definition) is 1. The Morgan fingerprint density at radius 2 is 1.36 bits per heavy atom. The van der Waals surface area contributed by atoms with E-state index in [-0.39, 0.29) is 0 Å². The summed E-state index contributed by atoms with van der Waals surface area (Å²) >= 11 is 0. The third kappa shape index (κ3) is 5.86. The first kappa shape index (κ1) is 30.4. The predicted octanol–water partition coefficient (Wildman–Crippen LogP) is 8.63. The summed E-state index contributed by atoms with van der Waals surface area (Å²) in [4.78, 5) is 26.7. The molecule has 0 saturated heterocycles. The number of nitrogens with zero attached hydrogens (tertiary/aromatic N) is 7. The number of anilines is 2. The van der Waals surface area contributed by atoms with Crippen molar-refractivity contribution in [2.24, 2.45) is 20.7 Å². The molecule has 0 fully saturated rings. The summed E-state index contributed by atoms with van der Waals surface area (Å²) in [6.07, 6.45) is 5.56. The number of nitrogens with two attached hydrogens (primary N) is 1. The lowest BCUT2D eigenvalue weighted by Crippen LogP contribution is -2.16. The molecular weight excluding hydrogens is 617 g/mol. The summed E-state index contributed by atoms with van der Waals surface area (Å²) in [6, 6.07) is 46.3. The highest BCUT2D eigenvalue weighted by Gasteiger charge is 2.23. The van der Waals surface area contributed by atoms with Gasteiger partial charge in [-0.3, -0.25) is 19.5 Å². The van der Waals surface area contributed by atoms with E-state index in [1.807, 2.05) is 108 Å². The highest BCUT2D eigenvalue weighted by molar-refractivity contribution is 6.11. The number of benzene rings is 5. The number of rotatable bonds is 6. The number of para-hydroxylation sites is 2. The molecular formula is C42H32N8. The predicted molar refractivity (Wildman–Crippen MR) is 205 cm³/mol. The fraction of sp³-hybridized carbons (Fsp3) is 0.0238. The van der Waals surface area contributed by atoms with Gasteiger partial charge in [0.1, 0.15) is 17.0 Å². The van der Waals surface area contributed by atoms with Gasteiger partial charge in [-0.05, 0) is 42.0 Å². The monoisotopic (exact) mass is 648 g/mol. The zero-order valence-corrected chi connectivity index (χ0v) is 27.1. The quantitative estimate of drug-likeness (QED) is 0.144. The van der Waals surface area contributed by atoms with Crippen molar-refractivity contribution >= 4 is 57.2 Å². The third-order valence-electron chi connectivity index (χ3n) is 8.49. The molecule has 1 aliphatic rings. The van der Waals surface area contributed by atoms with E-state index >= 15 is 0 Å². The molecule has 0 aliphatic carbocycles. The van der Waals surface area contributed by atoms with Crippen LogP contribution in [0.1, 0.15) is 22.4 Å². The van der Waals surface area contributed by atoms with Gasteiger partial charge in [0.25, 0.3) is 0 Å². The van der Waals surface area contributed by atoms with Crippen molar-refractivity contribution in [2.75, 3.05) is 4.90 Å². The van der Waals surface area contributed by atoms with E-state index in [1.165, 1.54) is 0 Å². The lowest BCUT2D eigenvalue weighted by atomic mass is 10.1. The molecule has 0 bridgehead atoms. The van der Waals surface area contributed by atoms with Crippen LogP contribution in [0.4, 0.5) is 11.5 Å². The maximum absolute atomic E-state index is 6.40. The Morgan fingerprint density at radius 3 is 2.10 bits per heavy atom. The molecule has 2 aromatic heterocycles. The molecule has 0 unspecified atom stereocenters. The number of hydrogen-bond acceptors (Lipinski definition) is 5. The van der Waals surface area contributed by atoms with E-state index < -0.39 is 0 Å². The van der Waals surface area contributed by atoms with Gasteiger partial charge in [-0.2, -0.15) is 0 Å². The van der Waals surface area contributed by atoms with Crippen molar-refractivity contribution in [3.8, 4) is 5.69 Å². The van der Waals surface area contributed by atoms with Crippen LogP contribution >= 0.6 is 0 Å². The van der Waals surface area contributed by atoms with Crippen LogP contribution in [0, 0.1) is 0 Å². The van der Waals surface area contributed by atoms with Gasteiger partial charge in [0.15, 0.2) is 17.3 Å². The Labute approximate surface area is 289 Å². The summed E-state index contributed by atoms with van der Waals surface area (Å²) < 4.78 is 2.14. The van der Waals surface area contributed by atoms with Gasteiger partial charge < -0.3 is 5.73 Å². The normalized spacial score (nSPS) is 14.1. The molecule has 50 heavy (non-hydrogen) atoms. The second-order valence-corrected chi connectivity index (χ2v) is 11.7. The maximum Gasteiger partial charge on any atom is 0.166 e. The molecule has 7 aromatic rings. The smallest absolute Gasteiger partial charge is 0.166 e. The van der Waals surface area contributed by atoms with Crippen molar-refractivity contribution < 1.29 is 0 Å². The highest BCUT2D eigenvalue weighted by atomic mass is 15.2. The van der Waals surface area contributed by atoms with Crippen molar-refractivity contribution in [2.45, 2.75) is 6.54 Å². The third-order valence-corrected chi connectivity index (χ3v) is 8.49. The molecule has 0 atom stereocenters. The van der Waals surface area contributed by atoms with Crippen LogP contribution in [0.25, 0.3) is 33.5 Å². The average Bonchev–Trinajstić information content (AvgIpc) is 3.50. The summed E-state index contributed by atoms with van der Waals surface area (Å²) in [6.45, 7) is 4.69. The van der Waals surface area contributed by atoms with E-state index in [0.29, 0.717) is 35.4 Å². The molecule has 5 aromatic carbocycles. The standard InChI is InChI=1S/C42H32N8/c1-29-37-41(47-38-35-20-11-12-21-36(35)50(42(38)46-37)34-18-9-4-10-19-34)49(27-13-26-44-29)33-24-22-30(23-25-33)28-45-40(32-16-7-3-8-17-32)48-39(43)31-14-5-2-6-15-31/h2-27H,1,28H2,(H2,43,45,48)/b27-13-,44-26?. The Balaban J connectivity index is 1.17. The second-order valence-electron chi connectivity index (χ2n) is 11.7. The van der Waals surface area contributed by atoms with Gasteiger partial charge in [-0.1, -0.05) is 116 Å². The Bertz CT molecular complexity index is 2460. The zero-order valence-electron chi connectivity index (χ0n) is 27.1. The van der Waals surface area contributed by atoms with Gasteiger partial charge in [0.2, 0.25) is 0 Å². The topological polar surface area (TPSA) is 97.0 Å². The molecule has 0 spiro atoms. The van der Waals surface area contributed by atoms with Crippen LogP contribution in [-0.2, 0) is 6.54 Å². The summed E-state index contributed by atoms with van der Waals surface area (Å²) in [7, 11) is 0. The molecule has 0 amide bonds. The van der Waals surface area contributed by atoms with E-state index in [1.54, 1.807) is 6.21 Å². The van der Waals surface area contributed by atoms with E-state index in [0.717, 1.165) is 50.1 Å². The molecule has 240 valence electrons. The lowest BCUT2D eigenvalue weighted by molar-refractivity contribution is 1.06. The number of allylic oxidation sites excluding steroid dienone is 1. The van der Waals surface area contributed by atoms with Crippen molar-refractivity contribution in [1.82, 2.24) is 14.5 Å². The largest absolute Gasteiger partial charge is 0.383 e. The zero-order chi connectivity index (χ0) is 33.9. The minimum absolute atomic E-state index is 0.415. The average molecular weight is 649 g/mol. The fourth-order valence-electron chi connectivity index (χ4n) is 6.03.